The van der Waals surface area contributed by atoms with Crippen LogP contribution in [0.25, 0.3) is 11.1 Å². The smallest absolute Gasteiger partial charge is 0.417 e. The molecule has 1 aliphatic rings. The molecule has 0 unspecified atom stereocenters. The Morgan fingerprint density at radius 3 is 2.58 bits per heavy atom. The summed E-state index contributed by atoms with van der Waals surface area (Å²) in [6, 6.07) is 8.84. The van der Waals surface area contributed by atoms with Crippen molar-refractivity contribution in [3.8, 4) is 11.5 Å². The van der Waals surface area contributed by atoms with Gasteiger partial charge >= 0.3 is 5.76 Å². The second-order valence-electron chi connectivity index (χ2n) is 6.18. The summed E-state index contributed by atoms with van der Waals surface area (Å²) >= 11 is 0. The van der Waals surface area contributed by atoms with Gasteiger partial charge in [-0.1, -0.05) is 0 Å². The summed E-state index contributed by atoms with van der Waals surface area (Å²) in [5.74, 6) is 0.727. The third-order valence-electron chi connectivity index (χ3n) is 4.67. The largest absolute Gasteiger partial charge is 0.493 e. The molecule has 1 aliphatic heterocycles. The van der Waals surface area contributed by atoms with E-state index in [1.54, 1.807) is 37.3 Å². The standard InChI is InChI=1S/C19H18N2O5/c1-24-16-8-11-5-6-21(10-13(11)9-17(16)25-2)18(22)12-3-4-15-14(7-12)20-19(23)26-15/h3-4,7-9H,5-6,10H2,1-2H3,(H,20,23). The number of methoxy groups -OCH3 is 2. The van der Waals surface area contributed by atoms with Crippen LogP contribution in [0.1, 0.15) is 21.5 Å². The highest BCUT2D eigenvalue weighted by Crippen LogP contribution is 2.33. The van der Waals surface area contributed by atoms with Gasteiger partial charge in [-0.25, -0.2) is 4.79 Å². The summed E-state index contributed by atoms with van der Waals surface area (Å²) in [7, 11) is 3.20. The third kappa shape index (κ3) is 2.71. The maximum absolute atomic E-state index is 12.9. The number of aromatic nitrogens is 1. The topological polar surface area (TPSA) is 84.8 Å². The lowest BCUT2D eigenvalue weighted by atomic mass is 9.98. The van der Waals surface area contributed by atoms with Crippen molar-refractivity contribution in [1.29, 1.82) is 0 Å². The molecule has 2 heterocycles. The van der Waals surface area contributed by atoms with Crippen molar-refractivity contribution >= 4 is 17.0 Å². The Morgan fingerprint density at radius 1 is 1.12 bits per heavy atom. The fraction of sp³-hybridized carbons (Fsp3) is 0.263. The lowest BCUT2D eigenvalue weighted by molar-refractivity contribution is 0.0734. The summed E-state index contributed by atoms with van der Waals surface area (Å²) < 4.78 is 15.7. The predicted molar refractivity (Wildman–Crippen MR) is 94.8 cm³/mol. The van der Waals surface area contributed by atoms with Crippen LogP contribution in [0.3, 0.4) is 0 Å². The van der Waals surface area contributed by atoms with Crippen molar-refractivity contribution in [2.24, 2.45) is 0 Å². The van der Waals surface area contributed by atoms with Crippen molar-refractivity contribution in [2.45, 2.75) is 13.0 Å². The number of carbonyl (C=O) groups is 1. The second kappa shape index (κ2) is 6.25. The number of fused-ring (bicyclic) bond motifs is 2. The van der Waals surface area contributed by atoms with Crippen LogP contribution in [0.5, 0.6) is 11.5 Å². The zero-order valence-electron chi connectivity index (χ0n) is 14.5. The molecule has 0 fully saturated rings. The fourth-order valence-electron chi connectivity index (χ4n) is 3.32. The van der Waals surface area contributed by atoms with Gasteiger partial charge in [-0.05, 0) is 47.9 Å². The summed E-state index contributed by atoms with van der Waals surface area (Å²) in [4.78, 5) is 28.5. The first-order chi connectivity index (χ1) is 12.6. The molecule has 1 N–H and O–H groups in total. The molecule has 26 heavy (non-hydrogen) atoms. The molecule has 0 spiro atoms. The normalized spacial score (nSPS) is 13.5. The van der Waals surface area contributed by atoms with Crippen LogP contribution in [0.2, 0.25) is 0 Å². The summed E-state index contributed by atoms with van der Waals surface area (Å²) in [5.41, 5.74) is 3.66. The lowest BCUT2D eigenvalue weighted by Gasteiger charge is -2.29. The van der Waals surface area contributed by atoms with E-state index in [2.05, 4.69) is 4.98 Å². The van der Waals surface area contributed by atoms with Crippen LogP contribution in [-0.2, 0) is 13.0 Å². The third-order valence-corrected chi connectivity index (χ3v) is 4.67. The molecule has 0 bridgehead atoms. The molecule has 0 saturated heterocycles. The van der Waals surface area contributed by atoms with Gasteiger partial charge in [0, 0.05) is 18.7 Å². The Hall–Kier alpha value is -3.22. The first-order valence-electron chi connectivity index (χ1n) is 8.25. The summed E-state index contributed by atoms with van der Waals surface area (Å²) in [6.45, 7) is 1.11. The van der Waals surface area contributed by atoms with Crippen LogP contribution < -0.4 is 15.2 Å². The zero-order valence-corrected chi connectivity index (χ0v) is 14.5. The molecule has 0 aliphatic carbocycles. The molecule has 0 saturated carbocycles. The Morgan fingerprint density at radius 2 is 1.85 bits per heavy atom. The minimum Gasteiger partial charge on any atom is -0.493 e. The van der Waals surface area contributed by atoms with E-state index in [1.807, 2.05) is 12.1 Å². The average molecular weight is 354 g/mol. The monoisotopic (exact) mass is 354 g/mol. The van der Waals surface area contributed by atoms with Gasteiger partial charge in [0.25, 0.3) is 5.91 Å². The first kappa shape index (κ1) is 16.3. The Kier molecular flexibility index (Phi) is 3.91. The maximum Gasteiger partial charge on any atom is 0.417 e. The Bertz CT molecular complexity index is 1050. The second-order valence-corrected chi connectivity index (χ2v) is 6.18. The van der Waals surface area contributed by atoms with Gasteiger partial charge in [-0.2, -0.15) is 0 Å². The first-order valence-corrected chi connectivity index (χ1v) is 8.25. The van der Waals surface area contributed by atoms with Crippen LogP contribution in [0, 0.1) is 0 Å². The number of rotatable bonds is 3. The number of benzene rings is 2. The fourth-order valence-corrected chi connectivity index (χ4v) is 3.32. The number of amides is 1. The molecule has 7 nitrogen and oxygen atoms in total. The van der Waals surface area contributed by atoms with Gasteiger partial charge in [0.1, 0.15) is 0 Å². The van der Waals surface area contributed by atoms with Crippen LogP contribution in [0.4, 0.5) is 0 Å². The van der Waals surface area contributed by atoms with Crippen molar-refractivity contribution in [3.05, 3.63) is 57.6 Å². The number of nitrogens with zero attached hydrogens (tertiary/aromatic N) is 1. The lowest BCUT2D eigenvalue weighted by Crippen LogP contribution is -2.36. The van der Waals surface area contributed by atoms with E-state index in [9.17, 15) is 9.59 Å². The molecular formula is C19H18N2O5. The van der Waals surface area contributed by atoms with Crippen molar-refractivity contribution in [3.63, 3.8) is 0 Å². The van der Waals surface area contributed by atoms with E-state index in [4.69, 9.17) is 13.9 Å². The highest BCUT2D eigenvalue weighted by Gasteiger charge is 2.24. The Labute approximate surface area is 149 Å². The number of nitrogens with one attached hydrogen (secondary N) is 1. The van der Waals surface area contributed by atoms with Crippen LogP contribution >= 0.6 is 0 Å². The van der Waals surface area contributed by atoms with Crippen molar-refractivity contribution in [2.75, 3.05) is 20.8 Å². The quantitative estimate of drug-likeness (QED) is 0.780. The highest BCUT2D eigenvalue weighted by molar-refractivity contribution is 5.97. The molecule has 1 amide bonds. The predicted octanol–water partition coefficient (Wildman–Crippen LogP) is 2.34. The summed E-state index contributed by atoms with van der Waals surface area (Å²) in [6.07, 6.45) is 0.742. The van der Waals surface area contributed by atoms with Gasteiger partial charge in [0.2, 0.25) is 0 Å². The molecule has 2 aromatic carbocycles. The molecule has 7 heteroatoms. The number of carbonyl (C=O) groups excluding carboxylic acids is 1. The average Bonchev–Trinajstić information content (AvgIpc) is 3.04. The van der Waals surface area contributed by atoms with Gasteiger partial charge in [0.15, 0.2) is 17.1 Å². The van der Waals surface area contributed by atoms with Gasteiger partial charge in [0.05, 0.1) is 19.7 Å². The minimum atomic E-state index is -0.530. The minimum absolute atomic E-state index is 0.0885. The van der Waals surface area contributed by atoms with Gasteiger partial charge in [-0.15, -0.1) is 0 Å². The van der Waals surface area contributed by atoms with Crippen molar-refractivity contribution < 1.29 is 18.7 Å². The van der Waals surface area contributed by atoms with E-state index < -0.39 is 5.76 Å². The van der Waals surface area contributed by atoms with E-state index in [1.165, 1.54) is 0 Å². The molecule has 134 valence electrons. The molecule has 4 rings (SSSR count). The number of aromatic amines is 1. The summed E-state index contributed by atoms with van der Waals surface area (Å²) in [5, 5.41) is 0. The number of H-pyrrole nitrogens is 1. The van der Waals surface area contributed by atoms with Gasteiger partial charge in [-0.3, -0.25) is 9.78 Å². The number of hydrogen-bond acceptors (Lipinski definition) is 5. The molecule has 0 radical (unpaired) electrons. The van der Waals surface area contributed by atoms with Crippen molar-refractivity contribution in [1.82, 2.24) is 9.88 Å². The van der Waals surface area contributed by atoms with Gasteiger partial charge < -0.3 is 18.8 Å². The van der Waals surface area contributed by atoms with E-state index in [0.717, 1.165) is 17.5 Å². The SMILES string of the molecule is COc1cc2c(cc1OC)CN(C(=O)c1ccc3oc(=O)[nH]c3c1)CC2. The molecule has 0 atom stereocenters. The Balaban J connectivity index is 1.62. The van der Waals surface area contributed by atoms with Crippen LogP contribution in [0.15, 0.2) is 39.5 Å². The number of hydrogen-bond donors (Lipinski definition) is 1. The molecule has 1 aromatic heterocycles. The number of ether oxygens (including phenoxy) is 2. The van der Waals surface area contributed by atoms with E-state index in [-0.39, 0.29) is 5.91 Å². The highest BCUT2D eigenvalue weighted by atomic mass is 16.5. The zero-order chi connectivity index (χ0) is 18.3. The van der Waals surface area contributed by atoms with E-state index in [0.29, 0.717) is 41.3 Å². The maximum atomic E-state index is 12.9. The molecule has 3 aromatic rings. The number of oxazole rings is 1. The van der Waals surface area contributed by atoms with E-state index >= 15 is 0 Å². The molecular weight excluding hydrogens is 336 g/mol. The van der Waals surface area contributed by atoms with Crippen LogP contribution in [-0.4, -0.2) is 36.6 Å².